The van der Waals surface area contributed by atoms with Crippen molar-refractivity contribution in [3.8, 4) is 0 Å². The van der Waals surface area contributed by atoms with Gasteiger partial charge < -0.3 is 5.11 Å². The largest absolute Gasteiger partial charge is 0.379 e. The van der Waals surface area contributed by atoms with Crippen molar-refractivity contribution < 1.29 is 27.1 Å². The van der Waals surface area contributed by atoms with Gasteiger partial charge in [-0.15, -0.1) is 0 Å². The zero-order valence-electron chi connectivity index (χ0n) is 17.3. The number of aliphatic hydroxyl groups is 1. The van der Waals surface area contributed by atoms with E-state index in [9.17, 15) is 27.1 Å². The number of nitrogens with zero attached hydrogens (tertiary/aromatic N) is 2. The van der Waals surface area contributed by atoms with Crippen LogP contribution in [0.5, 0.6) is 0 Å². The van der Waals surface area contributed by atoms with Gasteiger partial charge >= 0.3 is 0 Å². The van der Waals surface area contributed by atoms with Crippen LogP contribution in [-0.4, -0.2) is 28.9 Å². The van der Waals surface area contributed by atoms with Gasteiger partial charge in [0.1, 0.15) is 11.3 Å². The molecule has 0 aliphatic carbocycles. The van der Waals surface area contributed by atoms with E-state index in [0.717, 1.165) is 5.01 Å². The van der Waals surface area contributed by atoms with Crippen LogP contribution in [0, 0.1) is 29.1 Å². The predicted molar refractivity (Wildman–Crippen MR) is 111 cm³/mol. The highest BCUT2D eigenvalue weighted by atomic mass is 19.2. The predicted octanol–water partition coefficient (Wildman–Crippen LogP) is 4.39. The van der Waals surface area contributed by atoms with Crippen molar-refractivity contribution in [2.24, 2.45) is 0 Å². The number of fused-ring (bicyclic) bond motifs is 1. The van der Waals surface area contributed by atoms with Gasteiger partial charge in [-0.05, 0) is 24.0 Å². The molecule has 0 saturated carbocycles. The highest BCUT2D eigenvalue weighted by Gasteiger charge is 2.52. The fourth-order valence-corrected chi connectivity index (χ4v) is 4.93. The van der Waals surface area contributed by atoms with Gasteiger partial charge in [-0.25, -0.2) is 27.4 Å². The summed E-state index contributed by atoms with van der Waals surface area (Å²) in [6.07, 6.45) is 0.588. The number of hydrogen-bond donors (Lipinski definition) is 2. The second kappa shape index (κ2) is 8.09. The van der Waals surface area contributed by atoms with Crippen molar-refractivity contribution >= 4 is 5.69 Å². The maximum Gasteiger partial charge on any atom is 0.200 e. The molecule has 2 aliphatic rings. The van der Waals surface area contributed by atoms with Gasteiger partial charge in [-0.1, -0.05) is 60.7 Å². The first-order valence-electron chi connectivity index (χ1n) is 10.5. The maximum absolute atomic E-state index is 14.4. The minimum absolute atomic E-state index is 0.185. The SMILES string of the molecule is OC(c1ccccc1)(c1ccccc1)[C@H]1CCC2NN(c3c(F)c(F)c(F)c(F)c3F)CN21. The highest BCUT2D eigenvalue weighted by molar-refractivity contribution is 5.51. The molecule has 2 fully saturated rings. The van der Waals surface area contributed by atoms with Crippen LogP contribution in [0.3, 0.4) is 0 Å². The molecule has 3 aromatic carbocycles. The Balaban J connectivity index is 1.54. The molecule has 2 aliphatic heterocycles. The lowest BCUT2D eigenvalue weighted by molar-refractivity contribution is -0.00568. The van der Waals surface area contributed by atoms with Crippen molar-refractivity contribution in [3.63, 3.8) is 0 Å². The molecule has 1 unspecified atom stereocenters. The van der Waals surface area contributed by atoms with Crippen LogP contribution in [0.4, 0.5) is 27.6 Å². The van der Waals surface area contributed by atoms with E-state index in [0.29, 0.717) is 24.0 Å². The van der Waals surface area contributed by atoms with Crippen molar-refractivity contribution in [1.29, 1.82) is 0 Å². The van der Waals surface area contributed by atoms with Gasteiger partial charge in [0.15, 0.2) is 23.3 Å². The van der Waals surface area contributed by atoms with Crippen molar-refractivity contribution in [2.45, 2.75) is 30.7 Å². The first kappa shape index (κ1) is 21.8. The summed E-state index contributed by atoms with van der Waals surface area (Å²) in [4.78, 5) is 1.79. The third kappa shape index (κ3) is 3.30. The molecule has 2 heterocycles. The van der Waals surface area contributed by atoms with E-state index in [1.54, 1.807) is 53.4 Å². The van der Waals surface area contributed by atoms with E-state index in [1.807, 2.05) is 12.1 Å². The lowest BCUT2D eigenvalue weighted by atomic mass is 9.79. The van der Waals surface area contributed by atoms with Crippen molar-refractivity contribution in [3.05, 3.63) is 101 Å². The van der Waals surface area contributed by atoms with E-state index in [4.69, 9.17) is 0 Å². The van der Waals surface area contributed by atoms with Crippen LogP contribution in [0.1, 0.15) is 24.0 Å². The monoisotopic (exact) mass is 461 g/mol. The summed E-state index contributed by atoms with van der Waals surface area (Å²) in [5.41, 5.74) is 1.61. The van der Waals surface area contributed by atoms with Gasteiger partial charge in [0, 0.05) is 0 Å². The average molecular weight is 461 g/mol. The van der Waals surface area contributed by atoms with Crippen LogP contribution in [0.25, 0.3) is 0 Å². The van der Waals surface area contributed by atoms with Gasteiger partial charge in [-0.2, -0.15) is 0 Å². The lowest BCUT2D eigenvalue weighted by Gasteiger charge is -2.39. The molecule has 2 N–H and O–H groups in total. The summed E-state index contributed by atoms with van der Waals surface area (Å²) >= 11 is 0. The fraction of sp³-hybridized carbons (Fsp3) is 0.250. The average Bonchev–Trinajstić information content (AvgIpc) is 3.43. The molecular weight excluding hydrogens is 441 g/mol. The fourth-order valence-electron chi connectivity index (χ4n) is 4.93. The molecule has 4 nitrogen and oxygen atoms in total. The Hall–Kier alpha value is -3.01. The molecule has 33 heavy (non-hydrogen) atoms. The smallest absolute Gasteiger partial charge is 0.200 e. The minimum atomic E-state index is -2.20. The maximum atomic E-state index is 14.4. The van der Waals surface area contributed by atoms with E-state index in [1.165, 1.54) is 0 Å². The molecule has 0 radical (unpaired) electrons. The number of nitrogens with one attached hydrogen (secondary N) is 1. The Morgan fingerprint density at radius 3 is 1.73 bits per heavy atom. The number of rotatable bonds is 4. The van der Waals surface area contributed by atoms with E-state index in [-0.39, 0.29) is 6.67 Å². The lowest BCUT2D eigenvalue weighted by Crippen LogP contribution is -2.49. The first-order valence-corrected chi connectivity index (χ1v) is 10.5. The minimum Gasteiger partial charge on any atom is -0.379 e. The zero-order chi connectivity index (χ0) is 23.3. The molecule has 5 rings (SSSR count). The Labute approximate surface area is 186 Å². The Bertz CT molecular complexity index is 1110. The molecule has 0 bridgehead atoms. The Kier molecular flexibility index (Phi) is 5.35. The van der Waals surface area contributed by atoms with Gasteiger partial charge in [0.2, 0.25) is 5.82 Å². The number of benzene rings is 3. The van der Waals surface area contributed by atoms with Gasteiger partial charge in [0.05, 0.1) is 18.9 Å². The zero-order valence-corrected chi connectivity index (χ0v) is 17.3. The van der Waals surface area contributed by atoms with Crippen LogP contribution in [-0.2, 0) is 5.60 Å². The quantitative estimate of drug-likeness (QED) is 0.344. The molecule has 2 atom stereocenters. The normalized spacial score (nSPS) is 21.0. The topological polar surface area (TPSA) is 38.7 Å². The first-order chi connectivity index (χ1) is 15.8. The standard InChI is InChI=1S/C24H20F5N3O/c25-18-19(26)21(28)23(22(29)20(18)27)32-13-31-16(11-12-17(31)30-32)24(33,14-7-3-1-4-8-14)15-9-5-2-6-10-15/h1-10,16-17,30,33H,11-13H2/t16-,17?/m1/s1. The summed E-state index contributed by atoms with van der Waals surface area (Å²) in [5.74, 6) is -10.0. The molecular formula is C24H20F5N3O. The second-order valence-electron chi connectivity index (χ2n) is 8.24. The number of anilines is 1. The van der Waals surface area contributed by atoms with Crippen LogP contribution in [0.15, 0.2) is 60.7 Å². The summed E-state index contributed by atoms with van der Waals surface area (Å²) in [6, 6.07) is 17.5. The summed E-state index contributed by atoms with van der Waals surface area (Å²) in [5, 5.41) is 13.0. The Morgan fingerprint density at radius 1 is 0.727 bits per heavy atom. The van der Waals surface area contributed by atoms with Crippen LogP contribution >= 0.6 is 0 Å². The Morgan fingerprint density at radius 2 is 1.21 bits per heavy atom. The van der Waals surface area contributed by atoms with Crippen molar-refractivity contribution in [2.75, 3.05) is 11.7 Å². The number of halogens is 5. The summed E-state index contributed by atoms with van der Waals surface area (Å²) in [7, 11) is 0. The highest BCUT2D eigenvalue weighted by Crippen LogP contribution is 2.44. The third-order valence-electron chi connectivity index (χ3n) is 6.49. The molecule has 9 heteroatoms. The molecule has 0 spiro atoms. The third-order valence-corrected chi connectivity index (χ3v) is 6.49. The molecule has 0 aromatic heterocycles. The molecule has 2 saturated heterocycles. The molecule has 3 aromatic rings. The van der Waals surface area contributed by atoms with E-state index >= 15 is 0 Å². The van der Waals surface area contributed by atoms with E-state index in [2.05, 4.69) is 5.43 Å². The van der Waals surface area contributed by atoms with Crippen molar-refractivity contribution in [1.82, 2.24) is 10.3 Å². The molecule has 0 amide bonds. The molecule has 172 valence electrons. The van der Waals surface area contributed by atoms with Gasteiger partial charge in [0.25, 0.3) is 0 Å². The number of hydrogen-bond acceptors (Lipinski definition) is 4. The van der Waals surface area contributed by atoms with Crippen LogP contribution in [0.2, 0.25) is 0 Å². The number of hydrazine groups is 1. The summed E-state index contributed by atoms with van der Waals surface area (Å²) in [6.45, 7) is -0.185. The van der Waals surface area contributed by atoms with Gasteiger partial charge in [-0.3, -0.25) is 9.91 Å². The summed E-state index contributed by atoms with van der Waals surface area (Å²) < 4.78 is 69.9. The second-order valence-corrected chi connectivity index (χ2v) is 8.24. The van der Waals surface area contributed by atoms with E-state index < -0.39 is 52.6 Å². The van der Waals surface area contributed by atoms with Crippen LogP contribution < -0.4 is 10.4 Å².